The number of hydrogen-bond acceptors (Lipinski definition) is 5. The minimum atomic E-state index is -3.77. The Labute approximate surface area is 173 Å². The number of rotatable bonds is 6. The first-order valence-corrected chi connectivity index (χ1v) is 10.7. The van der Waals surface area contributed by atoms with Crippen molar-refractivity contribution < 1.29 is 31.5 Å². The number of hydrogen-bond donors (Lipinski definition) is 1. The Morgan fingerprint density at radius 2 is 1.70 bits per heavy atom. The van der Waals surface area contributed by atoms with Crippen molar-refractivity contribution in [2.75, 3.05) is 32.6 Å². The zero-order valence-electron chi connectivity index (χ0n) is 16.5. The fourth-order valence-corrected chi connectivity index (χ4v) is 4.80. The molecule has 1 aliphatic rings. The second-order valence-electron chi connectivity index (χ2n) is 6.81. The standard InChI is InChI=1S/C20H22F2N2O5S/c1-28-18-6-4-15(12-19(18)29-2)30(26,27)24-9-7-13(8-10-24)20(25)23-17-5-3-14(21)11-16(17)22/h3-6,11-13H,7-10H2,1-2H3,(H,23,25). The number of sulfonamides is 1. The van der Waals surface area contributed by atoms with E-state index in [2.05, 4.69) is 5.32 Å². The van der Waals surface area contributed by atoms with Crippen molar-refractivity contribution in [1.82, 2.24) is 4.31 Å². The van der Waals surface area contributed by atoms with Gasteiger partial charge in [-0.15, -0.1) is 0 Å². The van der Waals surface area contributed by atoms with Crippen molar-refractivity contribution in [2.45, 2.75) is 17.7 Å². The fraction of sp³-hybridized carbons (Fsp3) is 0.350. The Balaban J connectivity index is 1.66. The van der Waals surface area contributed by atoms with Gasteiger partial charge in [0.1, 0.15) is 11.6 Å². The van der Waals surface area contributed by atoms with Crippen molar-refractivity contribution >= 4 is 21.6 Å². The van der Waals surface area contributed by atoms with E-state index < -0.39 is 33.5 Å². The molecule has 2 aromatic carbocycles. The maximum absolute atomic E-state index is 13.7. The Hall–Kier alpha value is -2.72. The highest BCUT2D eigenvalue weighted by Crippen LogP contribution is 2.32. The first-order valence-electron chi connectivity index (χ1n) is 9.24. The molecule has 0 aromatic heterocycles. The van der Waals surface area contributed by atoms with Gasteiger partial charge in [-0.2, -0.15) is 4.31 Å². The quantitative estimate of drug-likeness (QED) is 0.747. The number of amides is 1. The summed E-state index contributed by atoms with van der Waals surface area (Å²) in [5, 5.41) is 2.44. The van der Waals surface area contributed by atoms with Crippen LogP contribution in [0, 0.1) is 17.6 Å². The van der Waals surface area contributed by atoms with E-state index in [0.717, 1.165) is 12.1 Å². The minimum absolute atomic E-state index is 0.0661. The predicted molar refractivity (Wildman–Crippen MR) is 106 cm³/mol. The molecule has 1 aliphatic heterocycles. The second kappa shape index (κ2) is 8.97. The number of nitrogens with one attached hydrogen (secondary N) is 1. The molecular weight excluding hydrogens is 418 g/mol. The highest BCUT2D eigenvalue weighted by atomic mass is 32.2. The fourth-order valence-electron chi connectivity index (χ4n) is 3.31. The molecule has 0 atom stereocenters. The number of carbonyl (C=O) groups excluding carboxylic acids is 1. The lowest BCUT2D eigenvalue weighted by Gasteiger charge is -2.30. The Morgan fingerprint density at radius 3 is 2.30 bits per heavy atom. The van der Waals surface area contributed by atoms with Crippen LogP contribution in [0.2, 0.25) is 0 Å². The molecule has 3 rings (SSSR count). The minimum Gasteiger partial charge on any atom is -0.493 e. The van der Waals surface area contributed by atoms with E-state index in [1.165, 1.54) is 36.7 Å². The number of anilines is 1. The monoisotopic (exact) mass is 440 g/mol. The lowest BCUT2D eigenvalue weighted by atomic mass is 9.97. The van der Waals surface area contributed by atoms with Crippen LogP contribution < -0.4 is 14.8 Å². The number of nitrogens with zero attached hydrogens (tertiary/aromatic N) is 1. The molecule has 162 valence electrons. The smallest absolute Gasteiger partial charge is 0.243 e. The van der Waals surface area contributed by atoms with Gasteiger partial charge >= 0.3 is 0 Å². The van der Waals surface area contributed by atoms with Gasteiger partial charge in [0.05, 0.1) is 24.8 Å². The van der Waals surface area contributed by atoms with Gasteiger partial charge in [0.15, 0.2) is 11.5 Å². The topological polar surface area (TPSA) is 84.9 Å². The van der Waals surface area contributed by atoms with Crippen LogP contribution in [0.1, 0.15) is 12.8 Å². The first-order chi connectivity index (χ1) is 14.3. The third kappa shape index (κ3) is 4.54. The summed E-state index contributed by atoms with van der Waals surface area (Å²) < 4.78 is 64.2. The molecule has 7 nitrogen and oxygen atoms in total. The van der Waals surface area contributed by atoms with E-state index in [1.807, 2.05) is 0 Å². The lowest BCUT2D eigenvalue weighted by Crippen LogP contribution is -2.41. The van der Waals surface area contributed by atoms with Crippen LogP contribution >= 0.6 is 0 Å². The highest BCUT2D eigenvalue weighted by Gasteiger charge is 2.32. The van der Waals surface area contributed by atoms with Crippen molar-refractivity contribution in [3.63, 3.8) is 0 Å². The van der Waals surface area contributed by atoms with Crippen LogP contribution in [-0.2, 0) is 14.8 Å². The van der Waals surface area contributed by atoms with Gasteiger partial charge in [-0.3, -0.25) is 4.79 Å². The molecule has 0 unspecified atom stereocenters. The molecule has 0 saturated carbocycles. The lowest BCUT2D eigenvalue weighted by molar-refractivity contribution is -0.120. The zero-order chi connectivity index (χ0) is 21.9. The third-order valence-electron chi connectivity index (χ3n) is 5.01. The molecule has 0 radical (unpaired) electrons. The molecule has 30 heavy (non-hydrogen) atoms. The van der Waals surface area contributed by atoms with Gasteiger partial charge in [-0.05, 0) is 37.1 Å². The number of carbonyl (C=O) groups is 1. The van der Waals surface area contributed by atoms with Gasteiger partial charge in [-0.25, -0.2) is 17.2 Å². The van der Waals surface area contributed by atoms with Crippen molar-refractivity contribution in [2.24, 2.45) is 5.92 Å². The van der Waals surface area contributed by atoms with Crippen LogP contribution in [0.25, 0.3) is 0 Å². The molecule has 0 aliphatic carbocycles. The molecular formula is C20H22F2N2O5S. The van der Waals surface area contributed by atoms with E-state index in [9.17, 15) is 22.0 Å². The zero-order valence-corrected chi connectivity index (χ0v) is 17.3. The largest absolute Gasteiger partial charge is 0.493 e. The molecule has 0 bridgehead atoms. The molecule has 0 spiro atoms. The SMILES string of the molecule is COc1ccc(S(=O)(=O)N2CCC(C(=O)Nc3ccc(F)cc3F)CC2)cc1OC. The maximum Gasteiger partial charge on any atom is 0.243 e. The molecule has 1 N–H and O–H groups in total. The Bertz CT molecular complexity index is 1040. The number of ether oxygens (including phenoxy) is 2. The number of methoxy groups -OCH3 is 2. The van der Waals surface area contributed by atoms with E-state index in [4.69, 9.17) is 9.47 Å². The van der Waals surface area contributed by atoms with E-state index in [-0.39, 0.29) is 36.5 Å². The van der Waals surface area contributed by atoms with Crippen LogP contribution in [-0.4, -0.2) is 45.9 Å². The molecule has 1 saturated heterocycles. The van der Waals surface area contributed by atoms with E-state index >= 15 is 0 Å². The normalized spacial score (nSPS) is 15.6. The summed E-state index contributed by atoms with van der Waals surface area (Å²) in [5.41, 5.74) is -0.109. The summed E-state index contributed by atoms with van der Waals surface area (Å²) in [5.74, 6) is -1.79. The highest BCUT2D eigenvalue weighted by molar-refractivity contribution is 7.89. The van der Waals surface area contributed by atoms with Crippen LogP contribution in [0.3, 0.4) is 0 Å². The van der Waals surface area contributed by atoms with Gasteiger partial charge in [-0.1, -0.05) is 0 Å². The van der Waals surface area contributed by atoms with Crippen LogP contribution in [0.4, 0.5) is 14.5 Å². The summed E-state index contributed by atoms with van der Waals surface area (Å²) in [6.07, 6.45) is 0.558. The van der Waals surface area contributed by atoms with Crippen molar-refractivity contribution in [3.8, 4) is 11.5 Å². The van der Waals surface area contributed by atoms with E-state index in [0.29, 0.717) is 17.6 Å². The molecule has 1 heterocycles. The Morgan fingerprint density at radius 1 is 1.03 bits per heavy atom. The summed E-state index contributed by atoms with van der Waals surface area (Å²) in [4.78, 5) is 12.5. The molecule has 1 amide bonds. The van der Waals surface area contributed by atoms with E-state index in [1.54, 1.807) is 0 Å². The number of piperidine rings is 1. The van der Waals surface area contributed by atoms with Gasteiger partial charge < -0.3 is 14.8 Å². The molecule has 2 aromatic rings. The summed E-state index contributed by atoms with van der Waals surface area (Å²) >= 11 is 0. The number of benzene rings is 2. The maximum atomic E-state index is 13.7. The average Bonchev–Trinajstić information content (AvgIpc) is 2.75. The van der Waals surface area contributed by atoms with Crippen LogP contribution in [0.5, 0.6) is 11.5 Å². The summed E-state index contributed by atoms with van der Waals surface area (Å²) in [7, 11) is -0.898. The van der Waals surface area contributed by atoms with Crippen molar-refractivity contribution in [3.05, 3.63) is 48.0 Å². The average molecular weight is 440 g/mol. The summed E-state index contributed by atoms with van der Waals surface area (Å²) in [6, 6.07) is 7.24. The third-order valence-corrected chi connectivity index (χ3v) is 6.90. The van der Waals surface area contributed by atoms with Gasteiger partial charge in [0.25, 0.3) is 0 Å². The van der Waals surface area contributed by atoms with Crippen molar-refractivity contribution in [1.29, 1.82) is 0 Å². The number of halogens is 2. The van der Waals surface area contributed by atoms with Crippen LogP contribution in [0.15, 0.2) is 41.3 Å². The second-order valence-corrected chi connectivity index (χ2v) is 8.75. The molecule has 10 heteroatoms. The van der Waals surface area contributed by atoms with Gasteiger partial charge in [0, 0.05) is 31.1 Å². The molecule has 1 fully saturated rings. The first kappa shape index (κ1) is 22.0. The summed E-state index contributed by atoms with van der Waals surface area (Å²) in [6.45, 7) is 0.279. The Kier molecular flexibility index (Phi) is 6.57. The van der Waals surface area contributed by atoms with Gasteiger partial charge in [0.2, 0.25) is 15.9 Å². The predicted octanol–water partition coefficient (Wildman–Crippen LogP) is 3.02.